The van der Waals surface area contributed by atoms with E-state index >= 15 is 0 Å². The average Bonchev–Trinajstić information content (AvgIpc) is 2.39. The lowest BCUT2D eigenvalue weighted by Gasteiger charge is -2.15. The quantitative estimate of drug-likeness (QED) is 0.756. The van der Waals surface area contributed by atoms with Gasteiger partial charge in [0, 0.05) is 6.04 Å². The van der Waals surface area contributed by atoms with Crippen molar-refractivity contribution in [2.45, 2.75) is 32.7 Å². The van der Waals surface area contributed by atoms with Crippen LogP contribution in [0, 0.1) is 0 Å². The van der Waals surface area contributed by atoms with Crippen LogP contribution in [0.5, 0.6) is 11.5 Å². The highest BCUT2D eigenvalue weighted by Crippen LogP contribution is 2.31. The summed E-state index contributed by atoms with van der Waals surface area (Å²) in [6, 6.07) is 5.84. The maximum Gasteiger partial charge on any atom is 0.223 e. The molecule has 0 saturated heterocycles. The maximum absolute atomic E-state index is 11.6. The van der Waals surface area contributed by atoms with Crippen LogP contribution in [0.1, 0.15) is 25.8 Å². The van der Waals surface area contributed by atoms with Crippen LogP contribution in [0.3, 0.4) is 0 Å². The zero-order valence-corrected chi connectivity index (χ0v) is 12.4. The first kappa shape index (κ1) is 16.3. The van der Waals surface area contributed by atoms with Gasteiger partial charge in [0.1, 0.15) is 0 Å². The first-order valence-corrected chi connectivity index (χ1v) is 6.86. The van der Waals surface area contributed by atoms with E-state index in [0.29, 0.717) is 37.5 Å². The number of nitrogens with one attached hydrogen (secondary N) is 1. The van der Waals surface area contributed by atoms with E-state index in [1.54, 1.807) is 7.11 Å². The lowest BCUT2D eigenvalue weighted by molar-refractivity contribution is -0.122. The maximum atomic E-state index is 11.6. The number of para-hydroxylation sites is 1. The van der Waals surface area contributed by atoms with Crippen molar-refractivity contribution in [3.05, 3.63) is 23.8 Å². The van der Waals surface area contributed by atoms with Crippen molar-refractivity contribution < 1.29 is 14.3 Å². The normalized spacial score (nSPS) is 10.4. The molecule has 0 heterocycles. The number of amides is 1. The van der Waals surface area contributed by atoms with Gasteiger partial charge in [0.2, 0.25) is 5.91 Å². The van der Waals surface area contributed by atoms with Gasteiger partial charge in [-0.1, -0.05) is 12.1 Å². The first-order valence-electron chi connectivity index (χ1n) is 6.86. The Morgan fingerprint density at radius 2 is 2.15 bits per heavy atom. The van der Waals surface area contributed by atoms with E-state index in [1.807, 2.05) is 32.0 Å². The van der Waals surface area contributed by atoms with E-state index in [-0.39, 0.29) is 11.9 Å². The fraction of sp³-hybridized carbons (Fsp3) is 0.533. The van der Waals surface area contributed by atoms with Crippen LogP contribution in [-0.4, -0.2) is 32.2 Å². The molecule has 1 rings (SSSR count). The molecule has 1 amide bonds. The van der Waals surface area contributed by atoms with Crippen LogP contribution in [0.2, 0.25) is 0 Å². The van der Waals surface area contributed by atoms with Gasteiger partial charge in [-0.15, -0.1) is 0 Å². The summed E-state index contributed by atoms with van der Waals surface area (Å²) in [5.41, 5.74) is 6.59. The van der Waals surface area contributed by atoms with Crippen LogP contribution in [0.15, 0.2) is 18.2 Å². The molecule has 3 N–H and O–H groups in total. The summed E-state index contributed by atoms with van der Waals surface area (Å²) in [5.74, 6) is 1.33. The van der Waals surface area contributed by atoms with Crippen LogP contribution in [0.25, 0.3) is 0 Å². The molecule has 0 spiro atoms. The number of benzene rings is 1. The van der Waals surface area contributed by atoms with Gasteiger partial charge in [-0.2, -0.15) is 0 Å². The van der Waals surface area contributed by atoms with Crippen LogP contribution in [-0.2, 0) is 11.2 Å². The number of carbonyl (C=O) groups excluding carboxylic acids is 1. The summed E-state index contributed by atoms with van der Waals surface area (Å²) in [6.45, 7) is 4.71. The standard InChI is InChI=1S/C15H24N2O3/c1-11(2)17-14(18)8-10-20-15-12(7-9-16)5-4-6-13(15)19-3/h4-6,11H,7-10,16H2,1-3H3,(H,17,18). The van der Waals surface area contributed by atoms with E-state index in [2.05, 4.69) is 5.32 Å². The van der Waals surface area contributed by atoms with Crippen molar-refractivity contribution in [2.75, 3.05) is 20.3 Å². The molecule has 0 aliphatic carbocycles. The Hall–Kier alpha value is -1.75. The highest BCUT2D eigenvalue weighted by Gasteiger charge is 2.11. The number of ether oxygens (including phenoxy) is 2. The SMILES string of the molecule is COc1cccc(CCN)c1OCCC(=O)NC(C)C. The third-order valence-electron chi connectivity index (χ3n) is 2.72. The summed E-state index contributed by atoms with van der Waals surface area (Å²) < 4.78 is 11.0. The fourth-order valence-electron chi connectivity index (χ4n) is 1.88. The van der Waals surface area contributed by atoms with Crippen molar-refractivity contribution in [1.82, 2.24) is 5.32 Å². The van der Waals surface area contributed by atoms with Gasteiger partial charge in [0.05, 0.1) is 20.1 Å². The zero-order chi connectivity index (χ0) is 15.0. The predicted octanol–water partition coefficient (Wildman–Crippen LogP) is 1.49. The molecule has 0 unspecified atom stereocenters. The van der Waals surface area contributed by atoms with Gasteiger partial charge >= 0.3 is 0 Å². The lowest BCUT2D eigenvalue weighted by atomic mass is 10.1. The zero-order valence-electron chi connectivity index (χ0n) is 12.4. The summed E-state index contributed by atoms with van der Waals surface area (Å²) in [7, 11) is 1.60. The molecule has 0 radical (unpaired) electrons. The molecule has 1 aromatic carbocycles. The Kier molecular flexibility index (Phi) is 6.87. The molecule has 5 heteroatoms. The minimum atomic E-state index is -0.0183. The number of carbonyl (C=O) groups is 1. The van der Waals surface area contributed by atoms with Crippen molar-refractivity contribution >= 4 is 5.91 Å². The average molecular weight is 280 g/mol. The Balaban J connectivity index is 2.63. The van der Waals surface area contributed by atoms with E-state index in [4.69, 9.17) is 15.2 Å². The summed E-state index contributed by atoms with van der Waals surface area (Å²) in [6.07, 6.45) is 1.03. The molecular weight excluding hydrogens is 256 g/mol. The second-order valence-corrected chi connectivity index (χ2v) is 4.81. The predicted molar refractivity (Wildman–Crippen MR) is 79.1 cm³/mol. The third kappa shape index (κ3) is 5.09. The minimum Gasteiger partial charge on any atom is -0.493 e. The largest absolute Gasteiger partial charge is 0.493 e. The number of methoxy groups -OCH3 is 1. The monoisotopic (exact) mass is 280 g/mol. The molecule has 0 aromatic heterocycles. The topological polar surface area (TPSA) is 73.6 Å². The third-order valence-corrected chi connectivity index (χ3v) is 2.72. The molecule has 112 valence electrons. The number of nitrogens with two attached hydrogens (primary N) is 1. The molecule has 20 heavy (non-hydrogen) atoms. The van der Waals surface area contributed by atoms with Crippen molar-refractivity contribution in [3.8, 4) is 11.5 Å². The van der Waals surface area contributed by atoms with Crippen LogP contribution >= 0.6 is 0 Å². The summed E-state index contributed by atoms with van der Waals surface area (Å²) in [4.78, 5) is 11.6. The Labute approximate surface area is 120 Å². The minimum absolute atomic E-state index is 0.0183. The summed E-state index contributed by atoms with van der Waals surface area (Å²) in [5, 5.41) is 2.83. The Morgan fingerprint density at radius 1 is 1.40 bits per heavy atom. The van der Waals surface area contributed by atoms with Crippen molar-refractivity contribution in [1.29, 1.82) is 0 Å². The van der Waals surface area contributed by atoms with Gasteiger partial charge in [-0.25, -0.2) is 0 Å². The van der Waals surface area contributed by atoms with E-state index < -0.39 is 0 Å². The number of hydrogen-bond acceptors (Lipinski definition) is 4. The van der Waals surface area contributed by atoms with Gasteiger partial charge < -0.3 is 20.5 Å². The molecule has 5 nitrogen and oxygen atoms in total. The fourth-order valence-corrected chi connectivity index (χ4v) is 1.88. The number of rotatable bonds is 8. The molecule has 0 aliphatic heterocycles. The molecular formula is C15H24N2O3. The highest BCUT2D eigenvalue weighted by molar-refractivity contribution is 5.76. The van der Waals surface area contributed by atoms with Crippen LogP contribution in [0.4, 0.5) is 0 Å². The Bertz CT molecular complexity index is 433. The number of hydrogen-bond donors (Lipinski definition) is 2. The van der Waals surface area contributed by atoms with Gasteiger partial charge in [0.25, 0.3) is 0 Å². The first-order chi connectivity index (χ1) is 9.58. The lowest BCUT2D eigenvalue weighted by Crippen LogP contribution is -2.31. The van der Waals surface area contributed by atoms with E-state index in [0.717, 1.165) is 5.56 Å². The Morgan fingerprint density at radius 3 is 2.75 bits per heavy atom. The molecule has 0 bridgehead atoms. The molecule has 1 aromatic rings. The molecule has 0 fully saturated rings. The second kappa shape index (κ2) is 8.43. The van der Waals surface area contributed by atoms with E-state index in [9.17, 15) is 4.79 Å². The summed E-state index contributed by atoms with van der Waals surface area (Å²) >= 11 is 0. The van der Waals surface area contributed by atoms with Crippen LogP contribution < -0.4 is 20.5 Å². The van der Waals surface area contributed by atoms with Gasteiger partial charge in [-0.05, 0) is 38.4 Å². The van der Waals surface area contributed by atoms with E-state index in [1.165, 1.54) is 0 Å². The molecule has 0 aliphatic rings. The smallest absolute Gasteiger partial charge is 0.223 e. The molecule has 0 saturated carbocycles. The van der Waals surface area contributed by atoms with Gasteiger partial charge in [-0.3, -0.25) is 4.79 Å². The highest BCUT2D eigenvalue weighted by atomic mass is 16.5. The van der Waals surface area contributed by atoms with Crippen molar-refractivity contribution in [3.63, 3.8) is 0 Å². The molecule has 0 atom stereocenters. The second-order valence-electron chi connectivity index (χ2n) is 4.81. The van der Waals surface area contributed by atoms with Gasteiger partial charge in [0.15, 0.2) is 11.5 Å². The van der Waals surface area contributed by atoms with Crippen molar-refractivity contribution in [2.24, 2.45) is 5.73 Å².